The molecule has 12 heavy (non-hydrogen) atoms. The van der Waals surface area contributed by atoms with Crippen LogP contribution in [-0.2, 0) is 14.6 Å². The van der Waals surface area contributed by atoms with Crippen molar-refractivity contribution in [2.75, 3.05) is 0 Å². The average Bonchev–Trinajstić information content (AvgIpc) is 1.85. The van der Waals surface area contributed by atoms with Gasteiger partial charge in [-0.2, -0.15) is 8.42 Å². The summed E-state index contributed by atoms with van der Waals surface area (Å²) < 4.78 is 33.2. The Labute approximate surface area is 72.6 Å². The molecule has 4 N–H and O–H groups in total. The molecule has 0 aliphatic heterocycles. The summed E-state index contributed by atoms with van der Waals surface area (Å²) in [6, 6.07) is 0. The summed E-state index contributed by atoms with van der Waals surface area (Å²) in [7, 11) is -4.22. The first-order valence-corrected chi connectivity index (χ1v) is 5.10. The van der Waals surface area contributed by atoms with Crippen molar-refractivity contribution in [3.8, 4) is 0 Å². The van der Waals surface area contributed by atoms with Crippen LogP contribution in [0, 0.1) is 0 Å². The molecule has 1 aliphatic carbocycles. The Morgan fingerprint density at radius 2 is 1.67 bits per heavy atom. The van der Waals surface area contributed by atoms with Crippen molar-refractivity contribution in [1.82, 2.24) is 6.15 Å². The molecule has 0 bridgehead atoms. The van der Waals surface area contributed by atoms with Crippen molar-refractivity contribution >= 4 is 10.4 Å². The van der Waals surface area contributed by atoms with E-state index in [9.17, 15) is 8.42 Å². The third-order valence-corrected chi connectivity index (χ3v) is 2.33. The average molecular weight is 197 g/mol. The van der Waals surface area contributed by atoms with Crippen molar-refractivity contribution in [1.29, 1.82) is 0 Å². The van der Waals surface area contributed by atoms with E-state index in [0.717, 1.165) is 32.1 Å². The molecule has 0 spiro atoms. The van der Waals surface area contributed by atoms with Crippen LogP contribution in [0.4, 0.5) is 0 Å². The maximum Gasteiger partial charge on any atom is 0.397 e. The Morgan fingerprint density at radius 1 is 1.17 bits per heavy atom. The van der Waals surface area contributed by atoms with Gasteiger partial charge >= 0.3 is 10.4 Å². The standard InChI is InChI=1S/C6H12O4S.H3N/c7-11(8,9)10-6-4-2-1-3-5-6;/h6H,1-5H2,(H,7,8,9);1H3. The molecule has 0 aromatic heterocycles. The summed E-state index contributed by atoms with van der Waals surface area (Å²) in [5.74, 6) is 0. The Balaban J connectivity index is 0.00000121. The SMILES string of the molecule is N.O=S(=O)(O)OC1CCCCC1. The Bertz CT molecular complexity index is 208. The highest BCUT2D eigenvalue weighted by Crippen LogP contribution is 2.21. The van der Waals surface area contributed by atoms with Gasteiger partial charge in [0, 0.05) is 0 Å². The molecule has 5 nitrogen and oxygen atoms in total. The first kappa shape index (κ1) is 11.8. The highest BCUT2D eigenvalue weighted by atomic mass is 32.3. The van der Waals surface area contributed by atoms with E-state index in [1.54, 1.807) is 0 Å². The highest BCUT2D eigenvalue weighted by molar-refractivity contribution is 7.80. The van der Waals surface area contributed by atoms with Crippen molar-refractivity contribution in [3.63, 3.8) is 0 Å². The van der Waals surface area contributed by atoms with Gasteiger partial charge in [0.25, 0.3) is 0 Å². The number of hydrogen-bond acceptors (Lipinski definition) is 4. The van der Waals surface area contributed by atoms with E-state index in [4.69, 9.17) is 4.55 Å². The van der Waals surface area contributed by atoms with E-state index >= 15 is 0 Å². The Morgan fingerprint density at radius 3 is 2.08 bits per heavy atom. The molecule has 1 rings (SSSR count). The molecule has 74 valence electrons. The van der Waals surface area contributed by atoms with Crippen LogP contribution in [0.1, 0.15) is 32.1 Å². The van der Waals surface area contributed by atoms with Gasteiger partial charge in [0.15, 0.2) is 0 Å². The fourth-order valence-electron chi connectivity index (χ4n) is 1.33. The molecule has 6 heteroatoms. The summed E-state index contributed by atoms with van der Waals surface area (Å²) in [4.78, 5) is 0. The van der Waals surface area contributed by atoms with Gasteiger partial charge < -0.3 is 6.15 Å². The first-order valence-electron chi connectivity index (χ1n) is 3.73. The van der Waals surface area contributed by atoms with Gasteiger partial charge in [-0.15, -0.1) is 0 Å². The molecule has 0 saturated heterocycles. The highest BCUT2D eigenvalue weighted by Gasteiger charge is 2.19. The van der Waals surface area contributed by atoms with Crippen LogP contribution < -0.4 is 6.15 Å². The summed E-state index contributed by atoms with van der Waals surface area (Å²) in [6.07, 6.45) is 4.28. The van der Waals surface area contributed by atoms with Crippen LogP contribution in [0.25, 0.3) is 0 Å². The van der Waals surface area contributed by atoms with E-state index in [1.807, 2.05) is 0 Å². The second-order valence-corrected chi connectivity index (χ2v) is 3.83. The van der Waals surface area contributed by atoms with E-state index in [0.29, 0.717) is 0 Å². The predicted octanol–water partition coefficient (Wildman–Crippen LogP) is 1.30. The molecular weight excluding hydrogens is 182 g/mol. The van der Waals surface area contributed by atoms with Crippen molar-refractivity contribution < 1.29 is 17.2 Å². The summed E-state index contributed by atoms with van der Waals surface area (Å²) in [5.41, 5.74) is 0. The van der Waals surface area contributed by atoms with Crippen LogP contribution in [0.5, 0.6) is 0 Å². The monoisotopic (exact) mass is 197 g/mol. The quantitative estimate of drug-likeness (QED) is 0.650. The number of rotatable bonds is 2. The van der Waals surface area contributed by atoms with Gasteiger partial charge in [-0.25, -0.2) is 4.18 Å². The van der Waals surface area contributed by atoms with Crippen LogP contribution in [0.15, 0.2) is 0 Å². The molecule has 0 atom stereocenters. The van der Waals surface area contributed by atoms with E-state index < -0.39 is 10.4 Å². The molecule has 0 unspecified atom stereocenters. The van der Waals surface area contributed by atoms with E-state index in [2.05, 4.69) is 4.18 Å². The molecular formula is C6H15NO4S. The lowest BCUT2D eigenvalue weighted by Gasteiger charge is -2.19. The lowest BCUT2D eigenvalue weighted by Crippen LogP contribution is -2.20. The van der Waals surface area contributed by atoms with Crippen LogP contribution >= 0.6 is 0 Å². The van der Waals surface area contributed by atoms with Gasteiger partial charge in [0.05, 0.1) is 6.10 Å². The zero-order valence-corrected chi connectivity index (χ0v) is 7.72. The fourth-order valence-corrected chi connectivity index (χ4v) is 1.87. The van der Waals surface area contributed by atoms with Gasteiger partial charge in [0.1, 0.15) is 0 Å². The minimum Gasteiger partial charge on any atom is -0.344 e. The second kappa shape index (κ2) is 4.76. The Kier molecular flexibility index (Phi) is 4.69. The minimum atomic E-state index is -4.22. The Hall–Kier alpha value is -0.170. The largest absolute Gasteiger partial charge is 0.397 e. The molecule has 0 amide bonds. The van der Waals surface area contributed by atoms with Crippen LogP contribution in [-0.4, -0.2) is 19.1 Å². The van der Waals surface area contributed by atoms with Gasteiger partial charge in [-0.05, 0) is 12.8 Å². The van der Waals surface area contributed by atoms with E-state index in [1.165, 1.54) is 0 Å². The van der Waals surface area contributed by atoms with Gasteiger partial charge in [0.2, 0.25) is 0 Å². The molecule has 1 fully saturated rings. The molecule has 0 heterocycles. The summed E-state index contributed by atoms with van der Waals surface area (Å²) >= 11 is 0. The lowest BCUT2D eigenvalue weighted by molar-refractivity contribution is 0.142. The van der Waals surface area contributed by atoms with Crippen molar-refractivity contribution in [2.24, 2.45) is 0 Å². The third kappa shape index (κ3) is 4.66. The van der Waals surface area contributed by atoms with Crippen LogP contribution in [0.2, 0.25) is 0 Å². The zero-order valence-electron chi connectivity index (χ0n) is 6.90. The molecule has 0 aromatic rings. The molecule has 1 aliphatic rings. The molecule has 1 saturated carbocycles. The topological polar surface area (TPSA) is 98.6 Å². The first-order chi connectivity index (χ1) is 5.08. The normalized spacial score (nSPS) is 20.1. The van der Waals surface area contributed by atoms with Crippen molar-refractivity contribution in [3.05, 3.63) is 0 Å². The lowest BCUT2D eigenvalue weighted by atomic mass is 9.98. The predicted molar refractivity (Wildman–Crippen MR) is 44.5 cm³/mol. The number of hydrogen-bond donors (Lipinski definition) is 2. The maximum absolute atomic E-state index is 10.2. The molecule has 0 radical (unpaired) electrons. The zero-order chi connectivity index (χ0) is 8.32. The summed E-state index contributed by atoms with van der Waals surface area (Å²) in [6.45, 7) is 0. The van der Waals surface area contributed by atoms with Gasteiger partial charge in [-0.1, -0.05) is 19.3 Å². The second-order valence-electron chi connectivity index (χ2n) is 2.78. The fraction of sp³-hybridized carbons (Fsp3) is 1.00. The third-order valence-electron chi connectivity index (χ3n) is 1.81. The smallest absolute Gasteiger partial charge is 0.344 e. The molecule has 0 aromatic carbocycles. The van der Waals surface area contributed by atoms with Crippen molar-refractivity contribution in [2.45, 2.75) is 38.2 Å². The van der Waals surface area contributed by atoms with E-state index in [-0.39, 0.29) is 12.3 Å². The minimum absolute atomic E-state index is 0. The maximum atomic E-state index is 10.2. The van der Waals surface area contributed by atoms with Crippen LogP contribution in [0.3, 0.4) is 0 Å². The summed E-state index contributed by atoms with van der Waals surface area (Å²) in [5, 5.41) is 0. The van der Waals surface area contributed by atoms with Gasteiger partial charge in [-0.3, -0.25) is 4.55 Å².